The number of carbonyl (C=O) groups excluding carboxylic acids is 1. The third-order valence-corrected chi connectivity index (χ3v) is 5.97. The maximum atomic E-state index is 13.2. The first kappa shape index (κ1) is 21.8. The summed E-state index contributed by atoms with van der Waals surface area (Å²) in [5.41, 5.74) is 3.84. The normalized spacial score (nSPS) is 11.0. The zero-order valence-corrected chi connectivity index (χ0v) is 19.2. The maximum Gasteiger partial charge on any atom is 0.237 e. The lowest BCUT2D eigenvalue weighted by Gasteiger charge is -2.26. The Balaban J connectivity index is 1.66. The number of hydrogen-bond donors (Lipinski definition) is 0. The van der Waals surface area contributed by atoms with E-state index in [1.807, 2.05) is 84.0 Å². The van der Waals surface area contributed by atoms with E-state index in [9.17, 15) is 4.79 Å². The van der Waals surface area contributed by atoms with Crippen LogP contribution >= 0.6 is 11.8 Å². The first-order valence-corrected chi connectivity index (χ1v) is 11.5. The van der Waals surface area contributed by atoms with Gasteiger partial charge in [0, 0.05) is 29.7 Å². The van der Waals surface area contributed by atoms with Crippen molar-refractivity contribution in [1.29, 1.82) is 0 Å². The topological polar surface area (TPSA) is 63.9 Å². The molecular weight excluding hydrogens is 418 g/mol. The Morgan fingerprint density at radius 1 is 1.00 bits per heavy atom. The molecule has 0 saturated carbocycles. The molecule has 4 rings (SSSR count). The molecule has 0 N–H and O–H groups in total. The van der Waals surface area contributed by atoms with E-state index in [0.717, 1.165) is 22.5 Å². The van der Waals surface area contributed by atoms with Crippen LogP contribution in [0.5, 0.6) is 0 Å². The smallest absolute Gasteiger partial charge is 0.237 e. The first-order chi connectivity index (χ1) is 15.6. The van der Waals surface area contributed by atoms with Crippen molar-refractivity contribution in [2.24, 2.45) is 0 Å². The van der Waals surface area contributed by atoms with Crippen molar-refractivity contribution in [2.75, 3.05) is 10.7 Å². The highest BCUT2D eigenvalue weighted by Gasteiger charge is 2.22. The number of nitrogens with zero attached hydrogens (tertiary/aromatic N) is 5. The molecule has 0 saturated heterocycles. The number of thioether (sulfide) groups is 1. The van der Waals surface area contributed by atoms with Crippen molar-refractivity contribution in [3.63, 3.8) is 0 Å². The van der Waals surface area contributed by atoms with Crippen LogP contribution in [-0.2, 0) is 4.79 Å². The highest BCUT2D eigenvalue weighted by molar-refractivity contribution is 7.99. The Kier molecular flexibility index (Phi) is 6.66. The Morgan fingerprint density at radius 3 is 2.44 bits per heavy atom. The largest absolute Gasteiger partial charge is 0.309 e. The monoisotopic (exact) mass is 443 g/mol. The fraction of sp³-hybridized carbons (Fsp3) is 0.200. The quantitative estimate of drug-likeness (QED) is 0.369. The van der Waals surface area contributed by atoms with Crippen molar-refractivity contribution < 1.29 is 4.79 Å². The minimum absolute atomic E-state index is 0.0264. The van der Waals surface area contributed by atoms with Gasteiger partial charge in [-0.2, -0.15) is 0 Å². The SMILES string of the molecule is Cc1ccccc1-n1c(SCC(=O)N(c2ccccc2)C(C)C)nnc1-c1cccnc1. The highest BCUT2D eigenvalue weighted by Crippen LogP contribution is 2.30. The van der Waals surface area contributed by atoms with Crippen LogP contribution in [0.2, 0.25) is 0 Å². The van der Waals surface area contributed by atoms with E-state index >= 15 is 0 Å². The van der Waals surface area contributed by atoms with Gasteiger partial charge in [-0.25, -0.2) is 0 Å². The van der Waals surface area contributed by atoms with E-state index < -0.39 is 0 Å². The van der Waals surface area contributed by atoms with Crippen molar-refractivity contribution in [3.05, 3.63) is 84.7 Å². The van der Waals surface area contributed by atoms with E-state index in [1.165, 1.54) is 11.8 Å². The molecule has 0 aliphatic carbocycles. The molecule has 1 amide bonds. The van der Waals surface area contributed by atoms with E-state index in [-0.39, 0.29) is 17.7 Å². The summed E-state index contributed by atoms with van der Waals surface area (Å²) in [5.74, 6) is 0.981. The van der Waals surface area contributed by atoms with Crippen LogP contribution in [0, 0.1) is 6.92 Å². The van der Waals surface area contributed by atoms with Gasteiger partial charge in [-0.3, -0.25) is 14.3 Å². The Morgan fingerprint density at radius 2 is 1.75 bits per heavy atom. The fourth-order valence-corrected chi connectivity index (χ4v) is 4.40. The number of benzene rings is 2. The summed E-state index contributed by atoms with van der Waals surface area (Å²) in [5, 5.41) is 9.55. The molecule has 0 radical (unpaired) electrons. The van der Waals surface area contributed by atoms with Crippen molar-refractivity contribution in [1.82, 2.24) is 19.7 Å². The molecule has 2 aromatic carbocycles. The first-order valence-electron chi connectivity index (χ1n) is 10.5. The summed E-state index contributed by atoms with van der Waals surface area (Å²) in [6.07, 6.45) is 3.50. The number of aromatic nitrogens is 4. The van der Waals surface area contributed by atoms with E-state index in [1.54, 1.807) is 12.4 Å². The highest BCUT2D eigenvalue weighted by atomic mass is 32.2. The van der Waals surface area contributed by atoms with E-state index in [4.69, 9.17) is 0 Å². The molecule has 0 bridgehead atoms. The van der Waals surface area contributed by atoms with Crippen molar-refractivity contribution in [2.45, 2.75) is 32.0 Å². The molecule has 2 aromatic heterocycles. The molecule has 0 atom stereocenters. The number of pyridine rings is 1. The lowest BCUT2D eigenvalue weighted by molar-refractivity contribution is -0.116. The van der Waals surface area contributed by atoms with Crippen LogP contribution in [-0.4, -0.2) is 37.5 Å². The number of carbonyl (C=O) groups is 1. The number of aryl methyl sites for hydroxylation is 1. The van der Waals surface area contributed by atoms with Gasteiger partial charge in [0.2, 0.25) is 5.91 Å². The standard InChI is InChI=1S/C25H25N5OS/c1-18(2)29(21-12-5-4-6-13-21)23(31)17-32-25-28-27-24(20-11-9-15-26-16-20)30(25)22-14-8-7-10-19(22)3/h4-16,18H,17H2,1-3H3. The average molecular weight is 444 g/mol. The Labute approximate surface area is 192 Å². The molecule has 2 heterocycles. The molecule has 0 spiro atoms. The predicted molar refractivity (Wildman–Crippen MR) is 129 cm³/mol. The third kappa shape index (κ3) is 4.57. The van der Waals surface area contributed by atoms with Crippen LogP contribution in [0.25, 0.3) is 17.1 Å². The number of rotatable bonds is 7. The van der Waals surface area contributed by atoms with Crippen molar-refractivity contribution in [3.8, 4) is 17.1 Å². The number of hydrogen-bond acceptors (Lipinski definition) is 5. The molecule has 32 heavy (non-hydrogen) atoms. The van der Waals surface area contributed by atoms with Crippen LogP contribution in [0.3, 0.4) is 0 Å². The maximum absolute atomic E-state index is 13.2. The molecule has 0 unspecified atom stereocenters. The molecule has 0 aliphatic rings. The number of para-hydroxylation sites is 2. The van der Waals surface area contributed by atoms with Gasteiger partial charge in [-0.05, 0) is 56.7 Å². The molecule has 4 aromatic rings. The predicted octanol–water partition coefficient (Wildman–Crippen LogP) is 5.17. The summed E-state index contributed by atoms with van der Waals surface area (Å²) >= 11 is 1.39. The third-order valence-electron chi connectivity index (χ3n) is 5.05. The second-order valence-electron chi connectivity index (χ2n) is 7.65. The second kappa shape index (κ2) is 9.78. The van der Waals surface area contributed by atoms with Gasteiger partial charge in [-0.15, -0.1) is 10.2 Å². The van der Waals surface area contributed by atoms with Crippen molar-refractivity contribution >= 4 is 23.4 Å². The number of anilines is 1. The Bertz CT molecular complexity index is 1190. The van der Waals surface area contributed by atoms with E-state index in [2.05, 4.69) is 28.2 Å². The lowest BCUT2D eigenvalue weighted by atomic mass is 10.2. The zero-order chi connectivity index (χ0) is 22.5. The van der Waals surface area contributed by atoms with Crippen LogP contribution in [0.1, 0.15) is 19.4 Å². The molecule has 7 heteroatoms. The van der Waals surface area contributed by atoms with Crippen LogP contribution < -0.4 is 4.90 Å². The lowest BCUT2D eigenvalue weighted by Crippen LogP contribution is -2.38. The number of amides is 1. The van der Waals surface area contributed by atoms with Gasteiger partial charge in [0.05, 0.1) is 11.4 Å². The minimum atomic E-state index is 0.0264. The molecule has 162 valence electrons. The summed E-state index contributed by atoms with van der Waals surface area (Å²) < 4.78 is 2.01. The summed E-state index contributed by atoms with van der Waals surface area (Å²) in [4.78, 5) is 19.2. The second-order valence-corrected chi connectivity index (χ2v) is 8.59. The van der Waals surface area contributed by atoms with Gasteiger partial charge in [0.15, 0.2) is 11.0 Å². The van der Waals surface area contributed by atoms with Gasteiger partial charge in [0.1, 0.15) is 0 Å². The van der Waals surface area contributed by atoms with Gasteiger partial charge in [-0.1, -0.05) is 48.2 Å². The zero-order valence-electron chi connectivity index (χ0n) is 18.3. The molecule has 0 fully saturated rings. The van der Waals surface area contributed by atoms with E-state index in [0.29, 0.717) is 11.0 Å². The molecular formula is C25H25N5OS. The van der Waals surface area contributed by atoms with Gasteiger partial charge < -0.3 is 4.90 Å². The molecule has 0 aliphatic heterocycles. The van der Waals surface area contributed by atoms with Gasteiger partial charge in [0.25, 0.3) is 0 Å². The molecule has 6 nitrogen and oxygen atoms in total. The summed E-state index contributed by atoms with van der Waals surface area (Å²) in [6, 6.07) is 21.7. The Hall–Kier alpha value is -3.45. The summed E-state index contributed by atoms with van der Waals surface area (Å²) in [7, 11) is 0. The fourth-order valence-electron chi connectivity index (χ4n) is 3.59. The average Bonchev–Trinajstić information content (AvgIpc) is 3.23. The van der Waals surface area contributed by atoms with Crippen LogP contribution in [0.15, 0.2) is 84.3 Å². The van der Waals surface area contributed by atoms with Gasteiger partial charge >= 0.3 is 0 Å². The summed E-state index contributed by atoms with van der Waals surface area (Å²) in [6.45, 7) is 6.09. The van der Waals surface area contributed by atoms with Crippen LogP contribution in [0.4, 0.5) is 5.69 Å². The minimum Gasteiger partial charge on any atom is -0.309 e.